The maximum absolute atomic E-state index is 4.56. The fourth-order valence-corrected chi connectivity index (χ4v) is 2.68. The molecule has 0 amide bonds. The molecule has 1 aromatic heterocycles. The summed E-state index contributed by atoms with van der Waals surface area (Å²) >= 11 is 3.54. The summed E-state index contributed by atoms with van der Waals surface area (Å²) in [5.74, 6) is 1.42. The van der Waals surface area contributed by atoms with Crippen LogP contribution in [0.5, 0.6) is 0 Å². The van der Waals surface area contributed by atoms with Crippen molar-refractivity contribution in [3.63, 3.8) is 0 Å². The zero-order chi connectivity index (χ0) is 11.0. The molecule has 0 spiro atoms. The lowest BCUT2D eigenvalue weighted by atomic mass is 10.1. The molecule has 0 aromatic carbocycles. The summed E-state index contributed by atoms with van der Waals surface area (Å²) in [5, 5.41) is 5.47. The zero-order valence-corrected chi connectivity index (χ0v) is 11.3. The molecular formula is C12H19BrN2. The predicted octanol–water partition coefficient (Wildman–Crippen LogP) is 3.87. The second-order valence-corrected chi connectivity index (χ2v) is 5.43. The van der Waals surface area contributed by atoms with E-state index in [0.29, 0.717) is 12.0 Å². The maximum Gasteiger partial charge on any atom is 0.0533 e. The van der Waals surface area contributed by atoms with Crippen LogP contribution in [0.1, 0.15) is 56.8 Å². The van der Waals surface area contributed by atoms with E-state index in [1.54, 1.807) is 0 Å². The summed E-state index contributed by atoms with van der Waals surface area (Å²) in [6.45, 7) is 6.80. The highest BCUT2D eigenvalue weighted by atomic mass is 79.9. The largest absolute Gasteiger partial charge is 0.266 e. The van der Waals surface area contributed by atoms with Crippen molar-refractivity contribution in [1.29, 1.82) is 0 Å². The van der Waals surface area contributed by atoms with Gasteiger partial charge in [0.25, 0.3) is 0 Å². The van der Waals surface area contributed by atoms with Crippen molar-refractivity contribution < 1.29 is 0 Å². The molecule has 1 unspecified atom stereocenters. The van der Waals surface area contributed by atoms with Crippen LogP contribution in [0.2, 0.25) is 0 Å². The van der Waals surface area contributed by atoms with E-state index in [0.717, 1.165) is 11.2 Å². The van der Waals surface area contributed by atoms with Crippen molar-refractivity contribution in [2.45, 2.75) is 50.9 Å². The first kappa shape index (κ1) is 11.2. The Labute approximate surface area is 100 Å². The van der Waals surface area contributed by atoms with E-state index in [9.17, 15) is 0 Å². The molecule has 1 saturated carbocycles. The molecule has 3 heteroatoms. The van der Waals surface area contributed by atoms with Gasteiger partial charge in [0.2, 0.25) is 0 Å². The highest BCUT2D eigenvalue weighted by Gasteiger charge is 2.31. The maximum atomic E-state index is 4.56. The summed E-state index contributed by atoms with van der Waals surface area (Å²) < 4.78 is 2.25. The Morgan fingerprint density at radius 3 is 2.60 bits per heavy atom. The molecule has 1 fully saturated rings. The molecule has 0 bridgehead atoms. The molecule has 0 N–H and O–H groups in total. The standard InChI is InChI=1S/C12H19BrN2/c1-8(2)12-11(6-13)7-14-15(12)9(3)10-4-5-10/h7-10H,4-6H2,1-3H3. The lowest BCUT2D eigenvalue weighted by molar-refractivity contribution is 0.418. The highest BCUT2D eigenvalue weighted by Crippen LogP contribution is 2.40. The molecule has 2 nitrogen and oxygen atoms in total. The van der Waals surface area contributed by atoms with Crippen LogP contribution in [-0.4, -0.2) is 9.78 Å². The molecule has 84 valence electrons. The van der Waals surface area contributed by atoms with Crippen LogP contribution in [0, 0.1) is 5.92 Å². The third-order valence-electron chi connectivity index (χ3n) is 3.29. The van der Waals surface area contributed by atoms with Gasteiger partial charge in [0, 0.05) is 16.6 Å². The first-order chi connectivity index (χ1) is 7.15. The van der Waals surface area contributed by atoms with Crippen LogP contribution in [0.3, 0.4) is 0 Å². The fourth-order valence-electron chi connectivity index (χ4n) is 2.25. The molecule has 1 atom stereocenters. The number of hydrogen-bond donors (Lipinski definition) is 0. The summed E-state index contributed by atoms with van der Waals surface area (Å²) in [6, 6.07) is 0.579. The Morgan fingerprint density at radius 2 is 2.13 bits per heavy atom. The molecule has 1 aliphatic rings. The molecule has 1 heterocycles. The van der Waals surface area contributed by atoms with Gasteiger partial charge in [0.15, 0.2) is 0 Å². The first-order valence-corrected chi connectivity index (χ1v) is 6.89. The summed E-state index contributed by atoms with van der Waals surface area (Å²) in [6.07, 6.45) is 4.77. The van der Waals surface area contributed by atoms with Crippen molar-refractivity contribution in [3.8, 4) is 0 Å². The number of hydrogen-bond acceptors (Lipinski definition) is 1. The average molecular weight is 271 g/mol. The van der Waals surface area contributed by atoms with E-state index >= 15 is 0 Å². The van der Waals surface area contributed by atoms with Crippen molar-refractivity contribution in [1.82, 2.24) is 9.78 Å². The van der Waals surface area contributed by atoms with Gasteiger partial charge in [-0.1, -0.05) is 29.8 Å². The molecular weight excluding hydrogens is 252 g/mol. The van der Waals surface area contributed by atoms with Gasteiger partial charge in [-0.15, -0.1) is 0 Å². The molecule has 0 saturated heterocycles. The summed E-state index contributed by atoms with van der Waals surface area (Å²) in [4.78, 5) is 0. The second-order valence-electron chi connectivity index (χ2n) is 4.87. The monoisotopic (exact) mass is 270 g/mol. The Kier molecular flexibility index (Phi) is 3.19. The van der Waals surface area contributed by atoms with E-state index in [2.05, 4.69) is 46.5 Å². The van der Waals surface area contributed by atoms with E-state index < -0.39 is 0 Å². The molecule has 15 heavy (non-hydrogen) atoms. The van der Waals surface area contributed by atoms with Crippen molar-refractivity contribution in [2.24, 2.45) is 5.92 Å². The Bertz CT molecular complexity index is 339. The Morgan fingerprint density at radius 1 is 1.47 bits per heavy atom. The first-order valence-electron chi connectivity index (χ1n) is 5.77. The third-order valence-corrected chi connectivity index (χ3v) is 3.90. The topological polar surface area (TPSA) is 17.8 Å². The lowest BCUT2D eigenvalue weighted by Gasteiger charge is -2.18. The Hall–Kier alpha value is -0.310. The zero-order valence-electron chi connectivity index (χ0n) is 9.70. The summed E-state index contributed by atoms with van der Waals surface area (Å²) in [5.41, 5.74) is 2.75. The van der Waals surface area contributed by atoms with Crippen LogP contribution in [-0.2, 0) is 5.33 Å². The minimum absolute atomic E-state index is 0.557. The van der Waals surface area contributed by atoms with Gasteiger partial charge in [-0.25, -0.2) is 0 Å². The van der Waals surface area contributed by atoms with Gasteiger partial charge < -0.3 is 0 Å². The van der Waals surface area contributed by atoms with Gasteiger partial charge >= 0.3 is 0 Å². The van der Waals surface area contributed by atoms with Crippen LogP contribution >= 0.6 is 15.9 Å². The van der Waals surface area contributed by atoms with Gasteiger partial charge in [0.05, 0.1) is 12.2 Å². The quantitative estimate of drug-likeness (QED) is 0.760. The molecule has 1 aromatic rings. The van der Waals surface area contributed by atoms with Gasteiger partial charge in [-0.3, -0.25) is 4.68 Å². The van der Waals surface area contributed by atoms with E-state index in [4.69, 9.17) is 0 Å². The van der Waals surface area contributed by atoms with Gasteiger partial charge in [0.1, 0.15) is 0 Å². The van der Waals surface area contributed by atoms with E-state index in [1.807, 2.05) is 6.20 Å². The smallest absolute Gasteiger partial charge is 0.0533 e. The predicted molar refractivity (Wildman–Crippen MR) is 66.4 cm³/mol. The Balaban J connectivity index is 2.32. The summed E-state index contributed by atoms with van der Waals surface area (Å²) in [7, 11) is 0. The van der Waals surface area contributed by atoms with Crippen LogP contribution in [0.25, 0.3) is 0 Å². The fraction of sp³-hybridized carbons (Fsp3) is 0.750. The van der Waals surface area contributed by atoms with Crippen molar-refractivity contribution in [2.75, 3.05) is 0 Å². The molecule has 1 aliphatic carbocycles. The minimum Gasteiger partial charge on any atom is -0.266 e. The van der Waals surface area contributed by atoms with Gasteiger partial charge in [-0.05, 0) is 31.6 Å². The van der Waals surface area contributed by atoms with Crippen LogP contribution in [0.4, 0.5) is 0 Å². The van der Waals surface area contributed by atoms with Crippen LogP contribution < -0.4 is 0 Å². The number of rotatable bonds is 4. The average Bonchev–Trinajstić information content (AvgIpc) is 2.95. The minimum atomic E-state index is 0.557. The third kappa shape index (κ3) is 2.12. The number of halogens is 1. The second kappa shape index (κ2) is 4.28. The van der Waals surface area contributed by atoms with E-state index in [1.165, 1.54) is 24.1 Å². The molecule has 0 aliphatic heterocycles. The van der Waals surface area contributed by atoms with Crippen LogP contribution in [0.15, 0.2) is 6.20 Å². The van der Waals surface area contributed by atoms with Crippen molar-refractivity contribution in [3.05, 3.63) is 17.5 Å². The number of alkyl halides is 1. The number of nitrogens with zero attached hydrogens (tertiary/aromatic N) is 2. The lowest BCUT2D eigenvalue weighted by Crippen LogP contribution is -2.13. The molecule has 0 radical (unpaired) electrons. The van der Waals surface area contributed by atoms with Gasteiger partial charge in [-0.2, -0.15) is 5.10 Å². The SMILES string of the molecule is CC(C)c1c(CBr)cnn1C(C)C1CC1. The number of aromatic nitrogens is 2. The normalized spacial score (nSPS) is 18.5. The molecule has 2 rings (SSSR count). The highest BCUT2D eigenvalue weighted by molar-refractivity contribution is 9.08. The van der Waals surface area contributed by atoms with Crippen molar-refractivity contribution >= 4 is 15.9 Å². The van der Waals surface area contributed by atoms with E-state index in [-0.39, 0.29) is 0 Å².